The van der Waals surface area contributed by atoms with Crippen LogP contribution in [0.25, 0.3) is 237 Å². The minimum atomic E-state index is -0.0857. The molecule has 0 spiro atoms. The van der Waals surface area contributed by atoms with Gasteiger partial charge in [-0.05, 0) is 268 Å². The predicted octanol–water partition coefficient (Wildman–Crippen LogP) is 32.3. The molecule has 20 aromatic carbocycles. The third kappa shape index (κ3) is 9.74. The van der Waals surface area contributed by atoms with Crippen molar-refractivity contribution in [3.63, 3.8) is 0 Å². The summed E-state index contributed by atoms with van der Waals surface area (Å²) in [4.78, 5) is 2.38. The number of furan rings is 2. The topological polar surface area (TPSA) is 44.3 Å². The van der Waals surface area contributed by atoms with Crippen LogP contribution in [0.3, 0.4) is 0 Å². The average Bonchev–Trinajstić information content (AvgIpc) is 1.51. The van der Waals surface area contributed by atoms with Crippen LogP contribution in [0, 0.1) is 0 Å². The summed E-state index contributed by atoms with van der Waals surface area (Å²) in [5, 5.41) is 20.0. The molecule has 0 bridgehead atoms. The highest BCUT2D eigenvalue weighted by molar-refractivity contribution is 6.35. The molecular formula is C117H72N4O2. The van der Waals surface area contributed by atoms with Crippen LogP contribution < -0.4 is 4.90 Å². The molecule has 123 heavy (non-hydrogen) atoms. The molecule has 28 rings (SSSR count). The number of para-hydroxylation sites is 5. The van der Waals surface area contributed by atoms with Gasteiger partial charge in [0.1, 0.15) is 22.3 Å². The number of rotatable bonds is 8. The SMILES string of the molecule is CC1(C)c2ccccc2-c2ccc(N(c3ccccc3)c3ccc(-c4ccc(-n5c6cccc7c6c6c8c(cc9ccccc9c8ccc65)-c5cc6c(cc5-7)oc5ccccc56)cc4)cc3)cc21.c1cc2c3c(c1)ccc1c3c3c(cccc3n1-c1ccc(-c3ccc(-n4c5ccccc5c5ccccc54)cc3)cc1)-c1cc3oc4ccccc4c3cc1-2. The highest BCUT2D eigenvalue weighted by atomic mass is 16.3. The van der Waals surface area contributed by atoms with Gasteiger partial charge in [0.15, 0.2) is 0 Å². The Kier molecular flexibility index (Phi) is 14.1. The molecule has 0 aliphatic heterocycles. The van der Waals surface area contributed by atoms with Gasteiger partial charge in [-0.15, -0.1) is 0 Å². The lowest BCUT2D eigenvalue weighted by Gasteiger charge is -2.28. The summed E-state index contributed by atoms with van der Waals surface area (Å²) >= 11 is 0. The van der Waals surface area contributed by atoms with E-state index in [4.69, 9.17) is 8.83 Å². The van der Waals surface area contributed by atoms with Crippen molar-refractivity contribution in [1.29, 1.82) is 0 Å². The van der Waals surface area contributed by atoms with E-state index in [2.05, 4.69) is 427 Å². The first kappa shape index (κ1) is 67.9. The molecule has 3 aliphatic carbocycles. The molecule has 5 heterocycles. The molecular weight excluding hydrogens is 1490 g/mol. The maximum Gasteiger partial charge on any atom is 0.136 e. The first-order chi connectivity index (χ1) is 60.8. The largest absolute Gasteiger partial charge is 0.456 e. The Bertz CT molecular complexity index is 8820. The molecule has 5 aromatic heterocycles. The maximum absolute atomic E-state index is 6.55. The van der Waals surface area contributed by atoms with Gasteiger partial charge in [-0.1, -0.05) is 263 Å². The van der Waals surface area contributed by atoms with Crippen LogP contribution in [-0.4, -0.2) is 13.7 Å². The van der Waals surface area contributed by atoms with Crippen LogP contribution in [0.1, 0.15) is 25.0 Å². The Balaban J connectivity index is 0.000000132. The van der Waals surface area contributed by atoms with Crippen molar-refractivity contribution in [3.05, 3.63) is 412 Å². The Labute approximate surface area is 707 Å². The van der Waals surface area contributed by atoms with Gasteiger partial charge in [0, 0.05) is 98.8 Å². The maximum atomic E-state index is 6.55. The number of aromatic nitrogens is 3. The second-order valence-electron chi connectivity index (χ2n) is 34.1. The van der Waals surface area contributed by atoms with Gasteiger partial charge in [-0.2, -0.15) is 0 Å². The molecule has 6 heteroatoms. The van der Waals surface area contributed by atoms with E-state index >= 15 is 0 Å². The van der Waals surface area contributed by atoms with E-state index in [9.17, 15) is 0 Å². The lowest BCUT2D eigenvalue weighted by atomic mass is 9.82. The molecule has 25 aromatic rings. The zero-order valence-corrected chi connectivity index (χ0v) is 67.2. The van der Waals surface area contributed by atoms with Crippen molar-refractivity contribution in [2.24, 2.45) is 0 Å². The van der Waals surface area contributed by atoms with Crippen LogP contribution in [0.2, 0.25) is 0 Å². The smallest absolute Gasteiger partial charge is 0.136 e. The number of hydrogen-bond acceptors (Lipinski definition) is 3. The molecule has 0 fully saturated rings. The summed E-state index contributed by atoms with van der Waals surface area (Å²) in [5.41, 5.74) is 37.7. The Hall–Kier alpha value is -16.0. The Morgan fingerprint density at radius 1 is 0.203 bits per heavy atom. The Morgan fingerprint density at radius 3 is 1.20 bits per heavy atom. The summed E-state index contributed by atoms with van der Waals surface area (Å²) in [6, 6.07) is 147. The van der Waals surface area contributed by atoms with Gasteiger partial charge in [-0.25, -0.2) is 0 Å². The molecule has 0 saturated heterocycles. The quantitative estimate of drug-likeness (QED) is 0.142. The monoisotopic (exact) mass is 1560 g/mol. The van der Waals surface area contributed by atoms with E-state index in [0.29, 0.717) is 0 Å². The number of nitrogens with zero attached hydrogens (tertiary/aromatic N) is 4. The summed E-state index contributed by atoms with van der Waals surface area (Å²) in [6.45, 7) is 4.70. The van der Waals surface area contributed by atoms with E-state index in [1.807, 2.05) is 6.07 Å². The minimum absolute atomic E-state index is 0.0857. The normalized spacial score (nSPS) is 12.9. The fraction of sp³-hybridized carbons (Fsp3) is 0.0256. The summed E-state index contributed by atoms with van der Waals surface area (Å²) in [5.74, 6) is 0. The first-order valence-electron chi connectivity index (χ1n) is 42.6. The van der Waals surface area contributed by atoms with Crippen molar-refractivity contribution < 1.29 is 8.83 Å². The van der Waals surface area contributed by atoms with Gasteiger partial charge < -0.3 is 27.4 Å². The van der Waals surface area contributed by atoms with Gasteiger partial charge >= 0.3 is 0 Å². The van der Waals surface area contributed by atoms with Crippen molar-refractivity contribution in [1.82, 2.24) is 13.7 Å². The third-order valence-corrected chi connectivity index (χ3v) is 27.4. The molecule has 572 valence electrons. The number of fused-ring (bicyclic) bond motifs is 20. The van der Waals surface area contributed by atoms with Crippen molar-refractivity contribution in [2.75, 3.05) is 4.90 Å². The van der Waals surface area contributed by atoms with Crippen LogP contribution in [0.5, 0.6) is 0 Å². The predicted molar refractivity (Wildman–Crippen MR) is 515 cm³/mol. The first-order valence-corrected chi connectivity index (χ1v) is 42.6. The highest BCUT2D eigenvalue weighted by Crippen LogP contribution is 2.57. The molecule has 0 radical (unpaired) electrons. The zero-order chi connectivity index (χ0) is 80.6. The van der Waals surface area contributed by atoms with Crippen LogP contribution in [0.4, 0.5) is 17.1 Å². The van der Waals surface area contributed by atoms with Crippen molar-refractivity contribution in [2.45, 2.75) is 19.3 Å². The fourth-order valence-electron chi connectivity index (χ4n) is 21.8. The second-order valence-corrected chi connectivity index (χ2v) is 34.1. The lowest BCUT2D eigenvalue weighted by molar-refractivity contribution is 0.660. The van der Waals surface area contributed by atoms with E-state index < -0.39 is 0 Å². The molecule has 6 nitrogen and oxygen atoms in total. The van der Waals surface area contributed by atoms with E-state index in [1.165, 1.54) is 187 Å². The number of hydrogen-bond donors (Lipinski definition) is 0. The van der Waals surface area contributed by atoms with E-state index in [0.717, 1.165) is 78.0 Å². The van der Waals surface area contributed by atoms with Crippen LogP contribution in [0.15, 0.2) is 409 Å². The van der Waals surface area contributed by atoms with Crippen LogP contribution >= 0.6 is 0 Å². The average molecular weight is 1570 g/mol. The van der Waals surface area contributed by atoms with Crippen molar-refractivity contribution in [3.8, 4) is 95.0 Å². The Morgan fingerprint density at radius 2 is 0.610 bits per heavy atom. The molecule has 0 unspecified atom stereocenters. The van der Waals surface area contributed by atoms with Crippen LogP contribution in [-0.2, 0) is 5.41 Å². The molecule has 0 N–H and O–H groups in total. The second kappa shape index (κ2) is 25.5. The molecule has 3 aliphatic rings. The zero-order valence-electron chi connectivity index (χ0n) is 67.2. The fourth-order valence-corrected chi connectivity index (χ4v) is 21.8. The summed E-state index contributed by atoms with van der Waals surface area (Å²) < 4.78 is 20.3. The van der Waals surface area contributed by atoms with E-state index in [1.54, 1.807) is 0 Å². The van der Waals surface area contributed by atoms with Gasteiger partial charge in [0.25, 0.3) is 0 Å². The third-order valence-electron chi connectivity index (χ3n) is 27.4. The number of benzene rings is 20. The van der Waals surface area contributed by atoms with Gasteiger partial charge in [0.05, 0.1) is 33.1 Å². The number of anilines is 3. The molecule has 0 saturated carbocycles. The van der Waals surface area contributed by atoms with E-state index in [-0.39, 0.29) is 5.41 Å². The molecule has 0 atom stereocenters. The van der Waals surface area contributed by atoms with Crippen molar-refractivity contribution >= 4 is 159 Å². The highest BCUT2D eigenvalue weighted by Gasteiger charge is 2.37. The minimum Gasteiger partial charge on any atom is -0.456 e. The summed E-state index contributed by atoms with van der Waals surface area (Å²) in [7, 11) is 0. The van der Waals surface area contributed by atoms with Gasteiger partial charge in [0.2, 0.25) is 0 Å². The van der Waals surface area contributed by atoms with Gasteiger partial charge in [-0.3, -0.25) is 0 Å². The standard InChI is InChI=1S/C65H42N2O.C52H30N2O/c1-65(2)56-20-10-8-17-47(56)48-32-31-45(36-57(48)65)66(42-14-4-3-5-15-42)43-27-23-39(24-28-43)40-25-29-44(30-26-40)67-58-21-12-19-50-53-38-61-54(49-18-9-11-22-60(49)68-61)37-52(53)55-35-41-13-6-7-16-46(41)51-33-34-59(67)64(62(51)55)63(50)58;1-4-15-44-36(10-1)37-11-2-5-16-45(37)53(44)34-24-19-31(20-25-34)32-21-26-35(27-22-32)54-46-17-8-14-40-42-30-49-43(38-12-3-6-18-48(38)55-49)29-41(42)39-13-7-9-33-23-28-47(54)52(50(33)39)51(40)46/h3-38H,1-2H3;1-30H. The lowest BCUT2D eigenvalue weighted by Crippen LogP contribution is -2.16. The summed E-state index contributed by atoms with van der Waals surface area (Å²) in [6.07, 6.45) is 0. The molecule has 0 amide bonds.